The summed E-state index contributed by atoms with van der Waals surface area (Å²) < 4.78 is 5.04. The van der Waals surface area contributed by atoms with Crippen LogP contribution in [0.1, 0.15) is 29.8 Å². The highest BCUT2D eigenvalue weighted by Crippen LogP contribution is 2.32. The maximum absolute atomic E-state index is 12.4. The van der Waals surface area contributed by atoms with Crippen LogP contribution in [0, 0.1) is 17.2 Å². The number of hydrogen-bond acceptors (Lipinski definition) is 6. The molecule has 0 spiro atoms. The summed E-state index contributed by atoms with van der Waals surface area (Å²) in [5.41, 5.74) is 0.759. The molecule has 0 unspecified atom stereocenters. The van der Waals surface area contributed by atoms with Gasteiger partial charge in [0.15, 0.2) is 6.61 Å². The quantitative estimate of drug-likeness (QED) is 0.677. The van der Waals surface area contributed by atoms with Gasteiger partial charge in [-0.2, -0.15) is 5.26 Å². The number of imide groups is 1. The lowest BCUT2D eigenvalue weighted by atomic mass is 10.2. The summed E-state index contributed by atoms with van der Waals surface area (Å²) in [6.45, 7) is 3.69. The average molecular weight is 411 g/mol. The van der Waals surface area contributed by atoms with Crippen molar-refractivity contribution in [1.82, 2.24) is 10.6 Å². The number of amides is 3. The Labute approximate surface area is 173 Å². The molecule has 29 heavy (non-hydrogen) atoms. The van der Waals surface area contributed by atoms with E-state index >= 15 is 0 Å². The molecule has 3 amide bonds. The van der Waals surface area contributed by atoms with E-state index in [1.165, 1.54) is 11.8 Å². The molecule has 8 heteroatoms. The lowest BCUT2D eigenvalue weighted by Gasteiger charge is -2.11. The number of hydrogen-bond donors (Lipinski definition) is 2. The van der Waals surface area contributed by atoms with Crippen molar-refractivity contribution in [3.63, 3.8) is 0 Å². The molecule has 0 bridgehead atoms. The fourth-order valence-electron chi connectivity index (χ4n) is 2.20. The molecule has 0 atom stereocenters. The van der Waals surface area contributed by atoms with Crippen LogP contribution in [0.5, 0.6) is 0 Å². The van der Waals surface area contributed by atoms with Gasteiger partial charge in [0.2, 0.25) is 0 Å². The average Bonchev–Trinajstić information content (AvgIpc) is 2.71. The van der Waals surface area contributed by atoms with E-state index in [0.717, 1.165) is 0 Å². The Balaban J connectivity index is 1.99. The Hall–Kier alpha value is -3.31. The SMILES string of the molecule is CC(C)CNC(=O)NC(=O)COC(=O)c1ccccc1Sc1ccccc1C#N. The molecule has 0 fully saturated rings. The molecule has 0 heterocycles. The number of esters is 1. The van der Waals surface area contributed by atoms with E-state index in [1.807, 2.05) is 13.8 Å². The van der Waals surface area contributed by atoms with Gasteiger partial charge < -0.3 is 10.1 Å². The molecule has 2 aromatic carbocycles. The van der Waals surface area contributed by atoms with Crippen molar-refractivity contribution < 1.29 is 19.1 Å². The predicted molar refractivity (Wildman–Crippen MR) is 108 cm³/mol. The Morgan fingerprint density at radius 2 is 1.72 bits per heavy atom. The molecular weight excluding hydrogens is 390 g/mol. The van der Waals surface area contributed by atoms with E-state index in [9.17, 15) is 19.6 Å². The molecule has 7 nitrogen and oxygen atoms in total. The second-order valence-electron chi connectivity index (χ2n) is 6.43. The van der Waals surface area contributed by atoms with Gasteiger partial charge in [0.1, 0.15) is 6.07 Å². The second-order valence-corrected chi connectivity index (χ2v) is 7.52. The Bertz CT molecular complexity index is 938. The monoisotopic (exact) mass is 411 g/mol. The molecule has 0 aliphatic rings. The van der Waals surface area contributed by atoms with Gasteiger partial charge in [-0.1, -0.05) is 49.9 Å². The minimum atomic E-state index is -0.723. The van der Waals surface area contributed by atoms with Crippen LogP contribution in [0.25, 0.3) is 0 Å². The number of nitrogens with zero attached hydrogens (tertiary/aromatic N) is 1. The maximum Gasteiger partial charge on any atom is 0.339 e. The third kappa shape index (κ3) is 6.97. The third-order valence-corrected chi connectivity index (χ3v) is 4.74. The van der Waals surface area contributed by atoms with E-state index in [1.54, 1.807) is 48.5 Å². The molecule has 0 aliphatic carbocycles. The van der Waals surface area contributed by atoms with Crippen LogP contribution in [-0.2, 0) is 9.53 Å². The first-order valence-corrected chi connectivity index (χ1v) is 9.73. The zero-order valence-corrected chi connectivity index (χ0v) is 16.9. The Morgan fingerprint density at radius 1 is 1.07 bits per heavy atom. The maximum atomic E-state index is 12.4. The van der Waals surface area contributed by atoms with E-state index in [-0.39, 0.29) is 11.5 Å². The first-order chi connectivity index (χ1) is 13.9. The van der Waals surface area contributed by atoms with Crippen LogP contribution in [0.4, 0.5) is 4.79 Å². The van der Waals surface area contributed by atoms with Crippen molar-refractivity contribution in [3.05, 3.63) is 59.7 Å². The highest BCUT2D eigenvalue weighted by atomic mass is 32.2. The van der Waals surface area contributed by atoms with Gasteiger partial charge in [-0.25, -0.2) is 9.59 Å². The summed E-state index contributed by atoms with van der Waals surface area (Å²) in [4.78, 5) is 37.1. The van der Waals surface area contributed by atoms with Gasteiger partial charge >= 0.3 is 12.0 Å². The molecule has 0 radical (unpaired) electrons. The van der Waals surface area contributed by atoms with Crippen molar-refractivity contribution in [3.8, 4) is 6.07 Å². The number of nitriles is 1. The number of urea groups is 1. The summed E-state index contributed by atoms with van der Waals surface area (Å²) in [7, 11) is 0. The topological polar surface area (TPSA) is 108 Å². The standard InChI is InChI=1S/C21H21N3O4S/c1-14(2)12-23-21(27)24-19(25)13-28-20(26)16-8-4-6-10-18(16)29-17-9-5-3-7-15(17)11-22/h3-10,14H,12-13H2,1-2H3,(H2,23,24,25,27). The number of carbonyl (C=O) groups is 3. The molecule has 2 rings (SSSR count). The van der Waals surface area contributed by atoms with Crippen molar-refractivity contribution in [1.29, 1.82) is 5.26 Å². The zero-order valence-electron chi connectivity index (χ0n) is 16.1. The molecule has 150 valence electrons. The van der Waals surface area contributed by atoms with Gasteiger partial charge in [0, 0.05) is 16.3 Å². The normalized spacial score (nSPS) is 10.1. The summed E-state index contributed by atoms with van der Waals surface area (Å²) in [5.74, 6) is -1.17. The fraction of sp³-hybridized carbons (Fsp3) is 0.238. The minimum absolute atomic E-state index is 0.244. The molecular formula is C21H21N3O4S. The van der Waals surface area contributed by atoms with Gasteiger partial charge in [-0.05, 0) is 30.2 Å². The van der Waals surface area contributed by atoms with E-state index < -0.39 is 24.5 Å². The lowest BCUT2D eigenvalue weighted by Crippen LogP contribution is -2.42. The summed E-state index contributed by atoms with van der Waals surface area (Å²) in [5, 5.41) is 13.9. The first kappa shape index (κ1) is 22.0. The molecule has 2 aromatic rings. The minimum Gasteiger partial charge on any atom is -0.452 e. The van der Waals surface area contributed by atoms with E-state index in [2.05, 4.69) is 16.7 Å². The highest BCUT2D eigenvalue weighted by molar-refractivity contribution is 7.99. The highest BCUT2D eigenvalue weighted by Gasteiger charge is 2.17. The summed E-state index contributed by atoms with van der Waals surface area (Å²) >= 11 is 1.26. The number of ether oxygens (including phenoxy) is 1. The number of nitrogens with one attached hydrogen (secondary N) is 2. The largest absolute Gasteiger partial charge is 0.452 e. The van der Waals surface area contributed by atoms with Gasteiger partial charge in [0.25, 0.3) is 5.91 Å². The van der Waals surface area contributed by atoms with E-state index in [0.29, 0.717) is 21.9 Å². The van der Waals surface area contributed by atoms with Gasteiger partial charge in [-0.3, -0.25) is 10.1 Å². The van der Waals surface area contributed by atoms with E-state index in [4.69, 9.17) is 4.74 Å². The van der Waals surface area contributed by atoms with Crippen LogP contribution in [0.2, 0.25) is 0 Å². The van der Waals surface area contributed by atoms with Gasteiger partial charge in [0.05, 0.1) is 11.1 Å². The summed E-state index contributed by atoms with van der Waals surface area (Å²) in [6, 6.07) is 15.3. The van der Waals surface area contributed by atoms with Crippen LogP contribution in [0.15, 0.2) is 58.3 Å². The van der Waals surface area contributed by atoms with Crippen molar-refractivity contribution >= 4 is 29.7 Å². The third-order valence-electron chi connectivity index (χ3n) is 3.59. The van der Waals surface area contributed by atoms with Crippen LogP contribution in [0.3, 0.4) is 0 Å². The predicted octanol–water partition coefficient (Wildman–Crippen LogP) is 3.35. The van der Waals surface area contributed by atoms with Crippen molar-refractivity contribution in [2.75, 3.05) is 13.2 Å². The van der Waals surface area contributed by atoms with Crippen LogP contribution in [-0.4, -0.2) is 31.1 Å². The summed E-state index contributed by atoms with van der Waals surface area (Å²) in [6.07, 6.45) is 0. The smallest absolute Gasteiger partial charge is 0.339 e. The molecule has 0 aliphatic heterocycles. The number of rotatable bonds is 7. The van der Waals surface area contributed by atoms with Crippen LogP contribution < -0.4 is 10.6 Å². The van der Waals surface area contributed by atoms with Crippen molar-refractivity contribution in [2.45, 2.75) is 23.6 Å². The van der Waals surface area contributed by atoms with Crippen molar-refractivity contribution in [2.24, 2.45) is 5.92 Å². The molecule has 0 saturated carbocycles. The molecule has 0 aromatic heterocycles. The zero-order chi connectivity index (χ0) is 21.2. The first-order valence-electron chi connectivity index (χ1n) is 8.91. The fourth-order valence-corrected chi connectivity index (χ4v) is 3.22. The number of benzene rings is 2. The molecule has 0 saturated heterocycles. The Morgan fingerprint density at radius 3 is 2.41 bits per heavy atom. The van der Waals surface area contributed by atoms with Gasteiger partial charge in [-0.15, -0.1) is 0 Å². The lowest BCUT2D eigenvalue weighted by molar-refractivity contribution is -0.123. The molecule has 2 N–H and O–H groups in total. The Kier molecular flexibility index (Phi) is 8.25. The second kappa shape index (κ2) is 10.9. The van der Waals surface area contributed by atoms with Crippen LogP contribution >= 0.6 is 11.8 Å². The number of carbonyl (C=O) groups excluding carboxylic acids is 3.